The van der Waals surface area contributed by atoms with Crippen LogP contribution in [-0.2, 0) is 6.18 Å². The first kappa shape index (κ1) is 13.9. The zero-order valence-electron chi connectivity index (χ0n) is 10.6. The van der Waals surface area contributed by atoms with Gasteiger partial charge in [0, 0.05) is 18.8 Å². The van der Waals surface area contributed by atoms with Crippen LogP contribution >= 0.6 is 0 Å². The second-order valence-corrected chi connectivity index (χ2v) is 4.54. The molecule has 0 saturated carbocycles. The molecule has 19 heavy (non-hydrogen) atoms. The maximum atomic E-state index is 12.8. The molecule has 0 fully saturated rings. The lowest BCUT2D eigenvalue weighted by Crippen LogP contribution is -2.21. The Kier molecular flexibility index (Phi) is 4.47. The SMILES string of the molecule is FC(F)(F)c1ccccc1NCCC1=CCNCC1. The van der Waals surface area contributed by atoms with Crippen molar-refractivity contribution >= 4 is 5.69 Å². The van der Waals surface area contributed by atoms with Gasteiger partial charge in [-0.25, -0.2) is 0 Å². The number of hydrogen-bond donors (Lipinski definition) is 2. The molecule has 1 heterocycles. The summed E-state index contributed by atoms with van der Waals surface area (Å²) in [7, 11) is 0. The molecule has 0 saturated heterocycles. The van der Waals surface area contributed by atoms with Crippen molar-refractivity contribution in [2.45, 2.75) is 19.0 Å². The van der Waals surface area contributed by atoms with E-state index in [0.29, 0.717) is 6.54 Å². The number of hydrogen-bond acceptors (Lipinski definition) is 2. The van der Waals surface area contributed by atoms with Crippen LogP contribution in [0.2, 0.25) is 0 Å². The predicted molar refractivity (Wildman–Crippen MR) is 70.1 cm³/mol. The number of benzene rings is 1. The lowest BCUT2D eigenvalue weighted by molar-refractivity contribution is -0.136. The highest BCUT2D eigenvalue weighted by Gasteiger charge is 2.32. The average molecular weight is 270 g/mol. The zero-order chi connectivity index (χ0) is 13.7. The molecule has 2 N–H and O–H groups in total. The number of halogens is 3. The Morgan fingerprint density at radius 3 is 2.68 bits per heavy atom. The maximum Gasteiger partial charge on any atom is 0.418 e. The van der Waals surface area contributed by atoms with Crippen molar-refractivity contribution in [2.75, 3.05) is 25.0 Å². The van der Waals surface area contributed by atoms with E-state index < -0.39 is 11.7 Å². The first-order chi connectivity index (χ1) is 9.07. The fourth-order valence-corrected chi connectivity index (χ4v) is 2.14. The number of rotatable bonds is 4. The summed E-state index contributed by atoms with van der Waals surface area (Å²) in [5, 5.41) is 6.09. The molecule has 1 aromatic rings. The molecule has 1 aliphatic heterocycles. The molecule has 0 amide bonds. The van der Waals surface area contributed by atoms with Crippen LogP contribution in [0, 0.1) is 0 Å². The van der Waals surface area contributed by atoms with Crippen LogP contribution in [-0.4, -0.2) is 19.6 Å². The lowest BCUT2D eigenvalue weighted by Gasteiger charge is -2.17. The Balaban J connectivity index is 1.94. The fraction of sp³-hybridized carbons (Fsp3) is 0.429. The minimum atomic E-state index is -4.31. The molecule has 0 atom stereocenters. The van der Waals surface area contributed by atoms with Gasteiger partial charge in [-0.1, -0.05) is 23.8 Å². The normalized spacial score (nSPS) is 16.1. The van der Waals surface area contributed by atoms with Crippen molar-refractivity contribution in [3.63, 3.8) is 0 Å². The summed E-state index contributed by atoms with van der Waals surface area (Å²) in [6.07, 6.45) is -0.436. The minimum absolute atomic E-state index is 0.157. The standard InChI is InChI=1S/C14H17F3N2/c15-14(16,17)12-3-1-2-4-13(12)19-10-7-11-5-8-18-9-6-11/h1-5,18-19H,6-10H2. The van der Waals surface area contributed by atoms with Gasteiger partial charge in [-0.2, -0.15) is 13.2 Å². The molecule has 2 nitrogen and oxygen atoms in total. The van der Waals surface area contributed by atoms with Gasteiger partial charge in [0.15, 0.2) is 0 Å². The van der Waals surface area contributed by atoms with Crippen LogP contribution in [0.4, 0.5) is 18.9 Å². The number of nitrogens with one attached hydrogen (secondary N) is 2. The molecule has 0 spiro atoms. The highest BCUT2D eigenvalue weighted by Crippen LogP contribution is 2.34. The van der Waals surface area contributed by atoms with Gasteiger partial charge in [-0.3, -0.25) is 0 Å². The first-order valence-corrected chi connectivity index (χ1v) is 6.36. The molecule has 5 heteroatoms. The summed E-state index contributed by atoms with van der Waals surface area (Å²) >= 11 is 0. The van der Waals surface area contributed by atoms with Crippen molar-refractivity contribution in [3.05, 3.63) is 41.5 Å². The Morgan fingerprint density at radius 2 is 2.00 bits per heavy atom. The maximum absolute atomic E-state index is 12.8. The van der Waals surface area contributed by atoms with Crippen LogP contribution < -0.4 is 10.6 Å². The van der Waals surface area contributed by atoms with Gasteiger partial charge in [0.25, 0.3) is 0 Å². The lowest BCUT2D eigenvalue weighted by atomic mass is 10.1. The minimum Gasteiger partial charge on any atom is -0.384 e. The van der Waals surface area contributed by atoms with Gasteiger partial charge < -0.3 is 10.6 Å². The average Bonchev–Trinajstić information content (AvgIpc) is 2.39. The van der Waals surface area contributed by atoms with Crippen LogP contribution in [0.1, 0.15) is 18.4 Å². The molecule has 104 valence electrons. The molecular formula is C14H17F3N2. The summed E-state index contributed by atoms with van der Waals surface area (Å²) in [6, 6.07) is 5.59. The topological polar surface area (TPSA) is 24.1 Å². The molecule has 0 unspecified atom stereocenters. The highest BCUT2D eigenvalue weighted by molar-refractivity contribution is 5.52. The Bertz CT molecular complexity index is 452. The fourth-order valence-electron chi connectivity index (χ4n) is 2.14. The monoisotopic (exact) mass is 270 g/mol. The second-order valence-electron chi connectivity index (χ2n) is 4.54. The van der Waals surface area contributed by atoms with E-state index in [2.05, 4.69) is 16.7 Å². The molecule has 0 radical (unpaired) electrons. The molecule has 1 aromatic carbocycles. The summed E-state index contributed by atoms with van der Waals surface area (Å²) in [6.45, 7) is 2.33. The molecule has 2 rings (SSSR count). The van der Waals surface area contributed by atoms with E-state index in [1.807, 2.05) is 0 Å². The molecular weight excluding hydrogens is 253 g/mol. The Morgan fingerprint density at radius 1 is 1.21 bits per heavy atom. The highest BCUT2D eigenvalue weighted by atomic mass is 19.4. The van der Waals surface area contributed by atoms with Gasteiger partial charge in [-0.05, 0) is 31.5 Å². The molecule has 0 aromatic heterocycles. The third-order valence-electron chi connectivity index (χ3n) is 3.15. The van der Waals surface area contributed by atoms with Crippen molar-refractivity contribution in [3.8, 4) is 0 Å². The summed E-state index contributed by atoms with van der Waals surface area (Å²) in [5.41, 5.74) is 0.856. The largest absolute Gasteiger partial charge is 0.418 e. The van der Waals surface area contributed by atoms with Crippen molar-refractivity contribution in [1.29, 1.82) is 0 Å². The summed E-state index contributed by atoms with van der Waals surface area (Å²) in [5.74, 6) is 0. The molecule has 1 aliphatic rings. The predicted octanol–water partition coefficient (Wildman–Crippen LogP) is 3.43. The molecule has 0 bridgehead atoms. The summed E-state index contributed by atoms with van der Waals surface area (Å²) < 4.78 is 38.3. The van der Waals surface area contributed by atoms with Crippen molar-refractivity contribution in [2.24, 2.45) is 0 Å². The van der Waals surface area contributed by atoms with E-state index in [0.717, 1.165) is 32.0 Å². The molecule has 0 aliphatic carbocycles. The second kappa shape index (κ2) is 6.10. The zero-order valence-corrected chi connectivity index (χ0v) is 10.6. The first-order valence-electron chi connectivity index (χ1n) is 6.36. The van der Waals surface area contributed by atoms with E-state index in [9.17, 15) is 13.2 Å². The van der Waals surface area contributed by atoms with E-state index in [1.165, 1.54) is 17.7 Å². The van der Waals surface area contributed by atoms with E-state index in [4.69, 9.17) is 0 Å². The number of para-hydroxylation sites is 1. The van der Waals surface area contributed by atoms with E-state index >= 15 is 0 Å². The number of alkyl halides is 3. The third-order valence-corrected chi connectivity index (χ3v) is 3.15. The quantitative estimate of drug-likeness (QED) is 0.819. The van der Waals surface area contributed by atoms with Gasteiger partial charge in [0.1, 0.15) is 0 Å². The van der Waals surface area contributed by atoms with Crippen LogP contribution in [0.15, 0.2) is 35.9 Å². The van der Waals surface area contributed by atoms with Crippen molar-refractivity contribution in [1.82, 2.24) is 5.32 Å². The van der Waals surface area contributed by atoms with Gasteiger partial charge in [-0.15, -0.1) is 0 Å². The Hall–Kier alpha value is -1.49. The number of anilines is 1. The smallest absolute Gasteiger partial charge is 0.384 e. The van der Waals surface area contributed by atoms with Crippen LogP contribution in [0.25, 0.3) is 0 Å². The summed E-state index contributed by atoms with van der Waals surface area (Å²) in [4.78, 5) is 0. The van der Waals surface area contributed by atoms with Gasteiger partial charge in [0.05, 0.1) is 5.56 Å². The van der Waals surface area contributed by atoms with Crippen LogP contribution in [0.3, 0.4) is 0 Å². The third kappa shape index (κ3) is 3.99. The van der Waals surface area contributed by atoms with E-state index in [-0.39, 0.29) is 5.69 Å². The van der Waals surface area contributed by atoms with Crippen molar-refractivity contribution < 1.29 is 13.2 Å². The van der Waals surface area contributed by atoms with Gasteiger partial charge in [0.2, 0.25) is 0 Å². The van der Waals surface area contributed by atoms with Gasteiger partial charge >= 0.3 is 6.18 Å². The Labute approximate surface area is 110 Å². The van der Waals surface area contributed by atoms with E-state index in [1.54, 1.807) is 6.07 Å². The van der Waals surface area contributed by atoms with Crippen LogP contribution in [0.5, 0.6) is 0 Å².